The molecule has 1 aliphatic heterocycles. The number of amidine groups is 1. The summed E-state index contributed by atoms with van der Waals surface area (Å²) in [5, 5.41) is 40.3. The highest BCUT2D eigenvalue weighted by atomic mass is 16.4. The van der Waals surface area contributed by atoms with E-state index in [1.807, 2.05) is 0 Å². The number of aliphatic hydroxyl groups excluding tert-OH is 4. The van der Waals surface area contributed by atoms with Gasteiger partial charge < -0.3 is 31.5 Å². The van der Waals surface area contributed by atoms with Gasteiger partial charge in [-0.15, -0.1) is 0 Å². The first-order chi connectivity index (χ1) is 7.61. The van der Waals surface area contributed by atoms with Crippen LogP contribution in [0.25, 0.3) is 0 Å². The number of aliphatic hydroxyl groups is 4. The van der Waals surface area contributed by atoms with Gasteiger partial charge in [-0.1, -0.05) is 0 Å². The van der Waals surface area contributed by atoms with Crippen LogP contribution >= 0.6 is 0 Å². The van der Waals surface area contributed by atoms with Crippen LogP contribution in [0, 0.1) is 0 Å². The van der Waals surface area contributed by atoms with Crippen LogP contribution in [0.5, 0.6) is 0 Å². The fraction of sp³-hybridized carbons (Fsp3) is 0.889. The molecule has 4 atom stereocenters. The van der Waals surface area contributed by atoms with E-state index in [4.69, 9.17) is 5.11 Å². The van der Waals surface area contributed by atoms with E-state index in [0.717, 1.165) is 13.0 Å². The average Bonchev–Trinajstić information content (AvgIpc) is 2.29. The number of quaternary nitrogens is 1. The number of piperidine rings is 1. The zero-order chi connectivity index (χ0) is 12.1. The zero-order valence-corrected chi connectivity index (χ0v) is 9.08. The molecule has 16 heavy (non-hydrogen) atoms. The Hall–Kier alpha value is -0.730. The van der Waals surface area contributed by atoms with Crippen LogP contribution in [0.2, 0.25) is 0 Å². The summed E-state index contributed by atoms with van der Waals surface area (Å²) in [5.74, 6) is 0.213. The predicted octanol–water partition coefficient (Wildman–Crippen LogP) is -3.94. The molecular formula is C9H20N3O4+. The highest BCUT2D eigenvalue weighted by Crippen LogP contribution is 2.12. The van der Waals surface area contributed by atoms with Crippen molar-refractivity contribution >= 4 is 5.84 Å². The minimum atomic E-state index is -1.32. The van der Waals surface area contributed by atoms with Gasteiger partial charge in [-0.25, -0.2) is 0 Å². The van der Waals surface area contributed by atoms with E-state index >= 15 is 0 Å². The van der Waals surface area contributed by atoms with Crippen LogP contribution in [0.3, 0.4) is 0 Å². The normalized spacial score (nSPS) is 37.4. The first-order valence-electron chi connectivity index (χ1n) is 5.37. The lowest BCUT2D eigenvalue weighted by Crippen LogP contribution is -2.64. The van der Waals surface area contributed by atoms with Crippen molar-refractivity contribution in [2.75, 3.05) is 19.7 Å². The first-order valence-corrected chi connectivity index (χ1v) is 5.37. The van der Waals surface area contributed by atoms with Gasteiger partial charge in [-0.3, -0.25) is 4.99 Å². The minimum absolute atomic E-state index is 0.213. The SMILES string of the molecule is [NH3+]CCCN=C1N[C@H](CO)[C@@H](O)[C@H](O)[C@@H]1O. The number of hydrogen-bond donors (Lipinski definition) is 6. The molecular weight excluding hydrogens is 214 g/mol. The predicted molar refractivity (Wildman–Crippen MR) is 56.7 cm³/mol. The fourth-order valence-corrected chi connectivity index (χ4v) is 1.55. The molecule has 0 spiro atoms. The van der Waals surface area contributed by atoms with E-state index in [1.165, 1.54) is 0 Å². The van der Waals surface area contributed by atoms with Gasteiger partial charge in [0.2, 0.25) is 0 Å². The molecule has 1 rings (SSSR count). The molecule has 0 aromatic rings. The van der Waals surface area contributed by atoms with E-state index in [-0.39, 0.29) is 12.4 Å². The number of rotatable bonds is 4. The highest BCUT2D eigenvalue weighted by Gasteiger charge is 2.39. The summed E-state index contributed by atoms with van der Waals surface area (Å²) in [6.07, 6.45) is -2.98. The third-order valence-electron chi connectivity index (χ3n) is 2.59. The fourth-order valence-electron chi connectivity index (χ4n) is 1.55. The molecule has 1 aliphatic rings. The monoisotopic (exact) mass is 234 g/mol. The summed E-state index contributed by atoms with van der Waals surface area (Å²) < 4.78 is 0. The van der Waals surface area contributed by atoms with Gasteiger partial charge in [-0.05, 0) is 0 Å². The molecule has 0 saturated carbocycles. The van der Waals surface area contributed by atoms with Crippen LogP contribution < -0.4 is 11.1 Å². The van der Waals surface area contributed by atoms with Gasteiger partial charge in [0.05, 0.1) is 19.2 Å². The maximum absolute atomic E-state index is 9.62. The molecule has 0 aliphatic carbocycles. The Morgan fingerprint density at radius 2 is 1.94 bits per heavy atom. The van der Waals surface area contributed by atoms with E-state index < -0.39 is 24.4 Å². The van der Waals surface area contributed by atoms with Crippen molar-refractivity contribution in [2.45, 2.75) is 30.8 Å². The zero-order valence-electron chi connectivity index (χ0n) is 9.08. The van der Waals surface area contributed by atoms with Gasteiger partial charge in [0.25, 0.3) is 0 Å². The van der Waals surface area contributed by atoms with E-state index in [2.05, 4.69) is 16.0 Å². The minimum Gasteiger partial charge on any atom is -0.394 e. The second kappa shape index (κ2) is 6.12. The van der Waals surface area contributed by atoms with Gasteiger partial charge in [-0.2, -0.15) is 0 Å². The molecule has 7 nitrogen and oxygen atoms in total. The van der Waals surface area contributed by atoms with Gasteiger partial charge in [0.15, 0.2) is 0 Å². The molecule has 0 radical (unpaired) electrons. The van der Waals surface area contributed by atoms with Crippen LogP contribution in [-0.2, 0) is 0 Å². The van der Waals surface area contributed by atoms with Crippen molar-refractivity contribution in [3.05, 3.63) is 0 Å². The van der Waals surface area contributed by atoms with E-state index in [9.17, 15) is 15.3 Å². The first kappa shape index (κ1) is 13.3. The molecule has 1 saturated heterocycles. The third kappa shape index (κ3) is 2.89. The molecule has 8 N–H and O–H groups in total. The Kier molecular flexibility index (Phi) is 5.10. The van der Waals surface area contributed by atoms with Crippen LogP contribution in [0.4, 0.5) is 0 Å². The standard InChI is InChI=1S/C9H19N3O4/c10-2-1-3-11-9-8(16)7(15)6(14)5(4-13)12-9/h5-8,13-16H,1-4,10H2,(H,11,12)/p+1/t5-,6-,7+,8+/m1/s1. The van der Waals surface area contributed by atoms with Crippen molar-refractivity contribution in [3.63, 3.8) is 0 Å². The van der Waals surface area contributed by atoms with Gasteiger partial charge in [0, 0.05) is 13.0 Å². The molecule has 7 heteroatoms. The van der Waals surface area contributed by atoms with E-state index in [1.54, 1.807) is 0 Å². The number of nitrogens with zero attached hydrogens (tertiary/aromatic N) is 1. The molecule has 1 fully saturated rings. The van der Waals surface area contributed by atoms with Crippen molar-refractivity contribution in [2.24, 2.45) is 4.99 Å². The molecule has 0 aromatic heterocycles. The lowest BCUT2D eigenvalue weighted by Gasteiger charge is -2.36. The van der Waals surface area contributed by atoms with E-state index in [0.29, 0.717) is 6.54 Å². The lowest BCUT2D eigenvalue weighted by molar-refractivity contribution is -0.367. The number of aliphatic imine (C=N–C) groups is 1. The molecule has 0 unspecified atom stereocenters. The molecule has 94 valence electrons. The summed E-state index contributed by atoms with van der Waals surface area (Å²) in [6, 6.07) is -0.697. The summed E-state index contributed by atoms with van der Waals surface area (Å²) >= 11 is 0. The molecule has 1 heterocycles. The average molecular weight is 234 g/mol. The molecule has 0 bridgehead atoms. The lowest BCUT2D eigenvalue weighted by atomic mass is 9.95. The second-order valence-corrected chi connectivity index (χ2v) is 3.83. The molecule has 0 aromatic carbocycles. The summed E-state index contributed by atoms with van der Waals surface area (Å²) in [5.41, 5.74) is 3.66. The number of nitrogens with one attached hydrogen (secondary N) is 1. The summed E-state index contributed by atoms with van der Waals surface area (Å²) in [6.45, 7) is 0.893. The maximum Gasteiger partial charge on any atom is 0.139 e. The maximum atomic E-state index is 9.62. The van der Waals surface area contributed by atoms with Crippen molar-refractivity contribution in [1.82, 2.24) is 5.32 Å². The Labute approximate surface area is 93.6 Å². The smallest absolute Gasteiger partial charge is 0.139 e. The largest absolute Gasteiger partial charge is 0.394 e. The van der Waals surface area contributed by atoms with Gasteiger partial charge >= 0.3 is 0 Å². The van der Waals surface area contributed by atoms with Crippen LogP contribution in [-0.4, -0.2) is 70.3 Å². The second-order valence-electron chi connectivity index (χ2n) is 3.83. The topological polar surface area (TPSA) is 133 Å². The quantitative estimate of drug-likeness (QED) is 0.276. The number of hydrogen-bond acceptors (Lipinski definition) is 5. The Morgan fingerprint density at radius 1 is 1.25 bits per heavy atom. The Morgan fingerprint density at radius 3 is 2.50 bits per heavy atom. The van der Waals surface area contributed by atoms with Crippen LogP contribution in [0.1, 0.15) is 6.42 Å². The van der Waals surface area contributed by atoms with Crippen molar-refractivity contribution < 1.29 is 26.2 Å². The van der Waals surface area contributed by atoms with Crippen molar-refractivity contribution in [3.8, 4) is 0 Å². The van der Waals surface area contributed by atoms with Gasteiger partial charge in [0.1, 0.15) is 24.1 Å². The Bertz CT molecular complexity index is 247. The van der Waals surface area contributed by atoms with Crippen LogP contribution in [0.15, 0.2) is 4.99 Å². The third-order valence-corrected chi connectivity index (χ3v) is 2.59. The Balaban J connectivity index is 2.66. The summed E-state index contributed by atoms with van der Waals surface area (Å²) in [7, 11) is 0. The molecule has 0 amide bonds. The summed E-state index contributed by atoms with van der Waals surface area (Å²) in [4.78, 5) is 4.07. The highest BCUT2D eigenvalue weighted by molar-refractivity contribution is 5.88. The van der Waals surface area contributed by atoms with Crippen molar-refractivity contribution in [1.29, 1.82) is 0 Å².